The van der Waals surface area contributed by atoms with Gasteiger partial charge in [0, 0.05) is 5.56 Å². The third-order valence-electron chi connectivity index (χ3n) is 2.98. The summed E-state index contributed by atoms with van der Waals surface area (Å²) >= 11 is 0. The van der Waals surface area contributed by atoms with E-state index in [0.717, 1.165) is 0 Å². The van der Waals surface area contributed by atoms with Crippen molar-refractivity contribution >= 4 is 23.4 Å². The van der Waals surface area contributed by atoms with Crippen molar-refractivity contribution in [3.05, 3.63) is 35.9 Å². The van der Waals surface area contributed by atoms with Gasteiger partial charge in [-0.1, -0.05) is 40.6 Å². The van der Waals surface area contributed by atoms with Gasteiger partial charge in [-0.25, -0.2) is 9.59 Å². The molecule has 0 amide bonds. The lowest BCUT2D eigenvalue weighted by atomic mass is 10.0. The Morgan fingerprint density at radius 1 is 0.952 bits per heavy atom. The van der Waals surface area contributed by atoms with Crippen LogP contribution in [-0.4, -0.2) is 35.4 Å². The normalized spacial score (nSPS) is 24.8. The number of hydrogen-bond donors (Lipinski definition) is 0. The summed E-state index contributed by atoms with van der Waals surface area (Å²) < 4.78 is 0. The second-order valence-corrected chi connectivity index (χ2v) is 4.43. The Labute approximate surface area is 119 Å². The molecule has 0 aliphatic carbocycles. The van der Waals surface area contributed by atoms with Crippen molar-refractivity contribution in [3.8, 4) is 0 Å². The van der Waals surface area contributed by atoms with E-state index >= 15 is 0 Å². The highest BCUT2D eigenvalue weighted by Crippen LogP contribution is 2.17. The van der Waals surface area contributed by atoms with E-state index < -0.39 is 24.0 Å². The fraction of sp³-hybridized carbons (Fsp3) is 0.231. The van der Waals surface area contributed by atoms with Crippen LogP contribution in [0.5, 0.6) is 0 Å². The zero-order valence-corrected chi connectivity index (χ0v) is 11.0. The van der Waals surface area contributed by atoms with Gasteiger partial charge in [0.15, 0.2) is 0 Å². The van der Waals surface area contributed by atoms with E-state index in [1.807, 2.05) is 6.07 Å². The zero-order valence-electron chi connectivity index (χ0n) is 11.0. The first-order chi connectivity index (χ1) is 10.2. The van der Waals surface area contributed by atoms with Gasteiger partial charge in [-0.15, -0.1) is 0 Å². The van der Waals surface area contributed by atoms with Crippen LogP contribution in [0, 0.1) is 0 Å². The summed E-state index contributed by atoms with van der Waals surface area (Å²) in [6.45, 7) is 1.59. The van der Waals surface area contributed by atoms with E-state index in [9.17, 15) is 9.59 Å². The number of rotatable bonds is 3. The minimum atomic E-state index is -0.992. The standard InChI is InChI=1S/C13H10N4O4/c1-7-9(12(18)20-16-7)14-15-11-10(17-21-13(11)19)8-5-3-2-4-6-8/h2-6,9,11H,1H3. The molecule has 8 nitrogen and oxygen atoms in total. The number of carbonyl (C=O) groups is 2. The molecule has 0 N–H and O–H groups in total. The van der Waals surface area contributed by atoms with E-state index in [0.29, 0.717) is 17.0 Å². The summed E-state index contributed by atoms with van der Waals surface area (Å²) in [7, 11) is 0. The Kier molecular flexibility index (Phi) is 3.27. The quantitative estimate of drug-likeness (QED) is 0.612. The molecule has 0 radical (unpaired) electrons. The van der Waals surface area contributed by atoms with Crippen LogP contribution in [0.25, 0.3) is 0 Å². The van der Waals surface area contributed by atoms with Crippen molar-refractivity contribution in [1.82, 2.24) is 0 Å². The van der Waals surface area contributed by atoms with Crippen molar-refractivity contribution in [2.75, 3.05) is 0 Å². The molecule has 1 aromatic rings. The first-order valence-electron chi connectivity index (χ1n) is 6.16. The molecule has 106 valence electrons. The molecule has 2 unspecified atom stereocenters. The number of hydrogen-bond acceptors (Lipinski definition) is 8. The van der Waals surface area contributed by atoms with E-state index in [1.165, 1.54) is 0 Å². The van der Waals surface area contributed by atoms with Gasteiger partial charge in [0.1, 0.15) is 5.71 Å². The molecule has 0 bridgehead atoms. The smallest absolute Gasteiger partial charge is 0.315 e. The lowest BCUT2D eigenvalue weighted by Gasteiger charge is -2.04. The topological polar surface area (TPSA) is 102 Å². The van der Waals surface area contributed by atoms with Crippen LogP contribution in [0.1, 0.15) is 12.5 Å². The Balaban J connectivity index is 1.83. The molecule has 2 aliphatic rings. The number of benzene rings is 1. The highest BCUT2D eigenvalue weighted by atomic mass is 16.7. The van der Waals surface area contributed by atoms with Crippen LogP contribution in [0.3, 0.4) is 0 Å². The molecular weight excluding hydrogens is 276 g/mol. The van der Waals surface area contributed by atoms with Gasteiger partial charge < -0.3 is 9.68 Å². The maximum Gasteiger partial charge on any atom is 0.367 e. The summed E-state index contributed by atoms with van der Waals surface area (Å²) in [6, 6.07) is 7.09. The molecule has 2 heterocycles. The van der Waals surface area contributed by atoms with Crippen molar-refractivity contribution in [2.45, 2.75) is 19.0 Å². The maximum atomic E-state index is 11.7. The SMILES string of the molecule is CC1=NOC(=O)C1N=NC1C(=O)ON=C1c1ccccc1. The highest BCUT2D eigenvalue weighted by molar-refractivity contribution is 6.17. The van der Waals surface area contributed by atoms with Crippen LogP contribution in [0.2, 0.25) is 0 Å². The lowest BCUT2D eigenvalue weighted by molar-refractivity contribution is -0.142. The Hall–Kier alpha value is -2.90. The van der Waals surface area contributed by atoms with E-state index in [4.69, 9.17) is 0 Å². The number of carbonyl (C=O) groups excluding carboxylic acids is 2. The van der Waals surface area contributed by atoms with Crippen molar-refractivity contribution in [1.29, 1.82) is 0 Å². The molecule has 21 heavy (non-hydrogen) atoms. The highest BCUT2D eigenvalue weighted by Gasteiger charge is 2.36. The molecule has 1 aromatic carbocycles. The average Bonchev–Trinajstić information content (AvgIpc) is 3.02. The third-order valence-corrected chi connectivity index (χ3v) is 2.98. The Morgan fingerprint density at radius 2 is 1.57 bits per heavy atom. The van der Waals surface area contributed by atoms with Gasteiger partial charge in [-0.3, -0.25) is 0 Å². The average molecular weight is 286 g/mol. The molecule has 0 fully saturated rings. The van der Waals surface area contributed by atoms with Crippen molar-refractivity contribution < 1.29 is 19.3 Å². The second-order valence-electron chi connectivity index (χ2n) is 4.43. The molecule has 0 spiro atoms. The first kappa shape index (κ1) is 13.1. The largest absolute Gasteiger partial charge is 0.367 e. The van der Waals surface area contributed by atoms with Crippen molar-refractivity contribution in [2.24, 2.45) is 20.5 Å². The lowest BCUT2D eigenvalue weighted by Crippen LogP contribution is -2.25. The minimum Gasteiger partial charge on any atom is -0.315 e. The molecule has 2 atom stereocenters. The monoisotopic (exact) mass is 286 g/mol. The van der Waals surface area contributed by atoms with E-state index in [1.54, 1.807) is 31.2 Å². The molecular formula is C13H10N4O4. The zero-order chi connectivity index (χ0) is 14.8. The molecule has 2 aliphatic heterocycles. The van der Waals surface area contributed by atoms with E-state index in [2.05, 4.69) is 30.2 Å². The van der Waals surface area contributed by atoms with Gasteiger partial charge >= 0.3 is 11.9 Å². The summed E-state index contributed by atoms with van der Waals surface area (Å²) in [5.74, 6) is -1.26. The van der Waals surface area contributed by atoms with Crippen LogP contribution >= 0.6 is 0 Å². The van der Waals surface area contributed by atoms with Gasteiger partial charge in [0.2, 0.25) is 12.1 Å². The predicted molar refractivity (Wildman–Crippen MR) is 70.7 cm³/mol. The Morgan fingerprint density at radius 3 is 2.24 bits per heavy atom. The van der Waals surface area contributed by atoms with Crippen LogP contribution < -0.4 is 0 Å². The minimum absolute atomic E-state index is 0.352. The summed E-state index contributed by atoms with van der Waals surface area (Å²) in [5.41, 5.74) is 1.44. The Bertz CT molecular complexity index is 681. The fourth-order valence-corrected chi connectivity index (χ4v) is 1.88. The van der Waals surface area contributed by atoms with Crippen LogP contribution in [0.4, 0.5) is 0 Å². The summed E-state index contributed by atoms with van der Waals surface area (Å²) in [5, 5.41) is 14.9. The third kappa shape index (κ3) is 2.42. The van der Waals surface area contributed by atoms with E-state index in [-0.39, 0.29) is 0 Å². The first-order valence-corrected chi connectivity index (χ1v) is 6.16. The van der Waals surface area contributed by atoms with Crippen molar-refractivity contribution in [3.63, 3.8) is 0 Å². The summed E-state index contributed by atoms with van der Waals surface area (Å²) in [4.78, 5) is 32.2. The maximum absolute atomic E-state index is 11.7. The van der Waals surface area contributed by atoms with Gasteiger partial charge in [-0.05, 0) is 6.92 Å². The number of azo groups is 1. The number of nitrogens with zero attached hydrogens (tertiary/aromatic N) is 4. The molecule has 3 rings (SSSR count). The predicted octanol–water partition coefficient (Wildman–Crippen LogP) is 1.07. The van der Waals surface area contributed by atoms with Gasteiger partial charge in [0.05, 0.1) is 5.71 Å². The van der Waals surface area contributed by atoms with Crippen LogP contribution in [-0.2, 0) is 19.3 Å². The summed E-state index contributed by atoms with van der Waals surface area (Å²) in [6.07, 6.45) is 0. The van der Waals surface area contributed by atoms with Gasteiger partial charge in [-0.2, -0.15) is 10.2 Å². The molecule has 0 saturated heterocycles. The number of oxime groups is 2. The molecule has 8 heteroatoms. The van der Waals surface area contributed by atoms with Crippen LogP contribution in [0.15, 0.2) is 50.9 Å². The molecule has 0 saturated carbocycles. The molecule has 0 aromatic heterocycles. The van der Waals surface area contributed by atoms with Gasteiger partial charge in [0.25, 0.3) is 0 Å². The fourth-order valence-electron chi connectivity index (χ4n) is 1.88. The second kappa shape index (κ2) is 5.23.